The maximum atomic E-state index is 12.7. The van der Waals surface area contributed by atoms with E-state index in [1.165, 1.54) is 23.7 Å². The number of aromatic nitrogens is 2. The molecular weight excluding hydrogens is 293 g/mol. The van der Waals surface area contributed by atoms with E-state index in [1.807, 2.05) is 0 Å². The molecule has 124 valence electrons. The zero-order valence-electron chi connectivity index (χ0n) is 12.6. The predicted molar refractivity (Wildman–Crippen MR) is 77.5 cm³/mol. The number of nitrogens with one attached hydrogen (secondary N) is 1. The summed E-state index contributed by atoms with van der Waals surface area (Å²) in [5, 5.41) is 7.16. The molecule has 0 radical (unpaired) electrons. The maximum absolute atomic E-state index is 12.7. The van der Waals surface area contributed by atoms with Gasteiger partial charge >= 0.3 is 6.18 Å². The number of hydrogen-bond donors (Lipinski definition) is 1. The summed E-state index contributed by atoms with van der Waals surface area (Å²) >= 11 is 0. The Labute approximate surface area is 128 Å². The monoisotopic (exact) mass is 316 g/mol. The molecule has 2 aliphatic heterocycles. The normalized spacial score (nSPS) is 28.0. The van der Waals surface area contributed by atoms with Crippen molar-refractivity contribution in [1.82, 2.24) is 20.0 Å². The molecule has 0 amide bonds. The van der Waals surface area contributed by atoms with E-state index in [0.29, 0.717) is 5.92 Å². The molecule has 0 aromatic carbocycles. The zero-order valence-corrected chi connectivity index (χ0v) is 12.6. The molecule has 1 aromatic heterocycles. The first kappa shape index (κ1) is 15.8. The Balaban J connectivity index is 1.59. The number of likely N-dealkylation sites (tertiary alicyclic amines) is 1. The van der Waals surface area contributed by atoms with Gasteiger partial charge in [0.25, 0.3) is 0 Å². The SMILES string of the molecule is FC(F)(F)c1ccn(C2CCCN(CC3CCCNC3)C2)n1. The van der Waals surface area contributed by atoms with E-state index >= 15 is 0 Å². The van der Waals surface area contributed by atoms with Crippen LogP contribution in [0.3, 0.4) is 0 Å². The van der Waals surface area contributed by atoms with Crippen molar-refractivity contribution in [1.29, 1.82) is 0 Å². The fourth-order valence-corrected chi connectivity index (χ4v) is 3.55. The molecule has 3 rings (SSSR count). The lowest BCUT2D eigenvalue weighted by Gasteiger charge is -2.36. The van der Waals surface area contributed by atoms with Crippen molar-refractivity contribution in [2.45, 2.75) is 37.9 Å². The van der Waals surface area contributed by atoms with Gasteiger partial charge in [0, 0.05) is 19.3 Å². The Morgan fingerprint density at radius 3 is 2.82 bits per heavy atom. The van der Waals surface area contributed by atoms with Crippen LogP contribution in [0, 0.1) is 5.92 Å². The van der Waals surface area contributed by atoms with E-state index in [1.54, 1.807) is 0 Å². The van der Waals surface area contributed by atoms with Crippen LogP contribution in [0.5, 0.6) is 0 Å². The molecule has 0 aliphatic carbocycles. The van der Waals surface area contributed by atoms with Gasteiger partial charge in [-0.15, -0.1) is 0 Å². The minimum atomic E-state index is -4.35. The van der Waals surface area contributed by atoms with E-state index in [9.17, 15) is 13.2 Å². The summed E-state index contributed by atoms with van der Waals surface area (Å²) in [6.45, 7) is 5.04. The van der Waals surface area contributed by atoms with Crippen molar-refractivity contribution in [3.8, 4) is 0 Å². The Kier molecular flexibility index (Phi) is 4.73. The summed E-state index contributed by atoms with van der Waals surface area (Å²) in [5.41, 5.74) is -0.791. The van der Waals surface area contributed by atoms with Gasteiger partial charge in [0.15, 0.2) is 5.69 Å². The summed E-state index contributed by atoms with van der Waals surface area (Å²) in [6, 6.07) is 1.13. The molecule has 3 heterocycles. The number of rotatable bonds is 3. The van der Waals surface area contributed by atoms with Crippen LogP contribution in [0.4, 0.5) is 13.2 Å². The van der Waals surface area contributed by atoms with Crippen molar-refractivity contribution in [3.63, 3.8) is 0 Å². The van der Waals surface area contributed by atoms with Crippen LogP contribution in [-0.4, -0.2) is 47.4 Å². The van der Waals surface area contributed by atoms with Crippen LogP contribution in [-0.2, 0) is 6.18 Å². The first-order valence-corrected chi connectivity index (χ1v) is 8.08. The maximum Gasteiger partial charge on any atom is 0.435 e. The molecule has 2 saturated heterocycles. The molecule has 1 aromatic rings. The van der Waals surface area contributed by atoms with Gasteiger partial charge in [-0.1, -0.05) is 0 Å². The van der Waals surface area contributed by atoms with Crippen molar-refractivity contribution in [2.24, 2.45) is 5.92 Å². The highest BCUT2D eigenvalue weighted by molar-refractivity contribution is 5.04. The first-order chi connectivity index (χ1) is 10.5. The molecule has 7 heteroatoms. The number of nitrogens with zero attached hydrogens (tertiary/aromatic N) is 3. The standard InChI is InChI=1S/C15H23F3N4/c16-15(17,18)14-5-8-22(20-14)13-4-2-7-21(11-13)10-12-3-1-6-19-9-12/h5,8,12-13,19H,1-4,6-7,9-11H2. The third kappa shape index (κ3) is 3.81. The van der Waals surface area contributed by atoms with Gasteiger partial charge in [-0.25, -0.2) is 0 Å². The highest BCUT2D eigenvalue weighted by Crippen LogP contribution is 2.29. The average Bonchev–Trinajstić information content (AvgIpc) is 2.99. The quantitative estimate of drug-likeness (QED) is 0.930. The van der Waals surface area contributed by atoms with Gasteiger partial charge in [0.2, 0.25) is 0 Å². The Hall–Kier alpha value is -1.08. The zero-order chi connectivity index (χ0) is 15.6. The topological polar surface area (TPSA) is 33.1 Å². The van der Waals surface area contributed by atoms with E-state index < -0.39 is 11.9 Å². The highest BCUT2D eigenvalue weighted by atomic mass is 19.4. The largest absolute Gasteiger partial charge is 0.435 e. The molecule has 0 saturated carbocycles. The summed E-state index contributed by atoms with van der Waals surface area (Å²) in [4.78, 5) is 2.39. The molecular formula is C15H23F3N4. The van der Waals surface area contributed by atoms with Gasteiger partial charge < -0.3 is 10.2 Å². The van der Waals surface area contributed by atoms with Crippen LogP contribution in [0.1, 0.15) is 37.4 Å². The minimum absolute atomic E-state index is 0.0569. The molecule has 0 bridgehead atoms. The second kappa shape index (κ2) is 6.58. The Morgan fingerprint density at radius 2 is 2.14 bits per heavy atom. The van der Waals surface area contributed by atoms with Gasteiger partial charge in [-0.05, 0) is 57.3 Å². The number of alkyl halides is 3. The fraction of sp³-hybridized carbons (Fsp3) is 0.800. The lowest BCUT2D eigenvalue weighted by atomic mass is 9.97. The van der Waals surface area contributed by atoms with E-state index in [4.69, 9.17) is 0 Å². The molecule has 22 heavy (non-hydrogen) atoms. The average molecular weight is 316 g/mol. The Bertz CT molecular complexity index is 479. The van der Waals surface area contributed by atoms with E-state index in [0.717, 1.165) is 51.6 Å². The predicted octanol–water partition coefficient (Wildman–Crippen LogP) is 2.54. The number of halogens is 3. The molecule has 2 atom stereocenters. The van der Waals surface area contributed by atoms with Crippen molar-refractivity contribution in [3.05, 3.63) is 18.0 Å². The molecule has 2 fully saturated rings. The third-order valence-corrected chi connectivity index (χ3v) is 4.67. The van der Waals surface area contributed by atoms with Crippen LogP contribution in [0.2, 0.25) is 0 Å². The molecule has 2 aliphatic rings. The first-order valence-electron chi connectivity index (χ1n) is 8.08. The van der Waals surface area contributed by atoms with Crippen LogP contribution in [0.15, 0.2) is 12.3 Å². The highest BCUT2D eigenvalue weighted by Gasteiger charge is 2.34. The second-order valence-electron chi connectivity index (χ2n) is 6.45. The van der Waals surface area contributed by atoms with Gasteiger partial charge in [-0.3, -0.25) is 4.68 Å². The Morgan fingerprint density at radius 1 is 1.27 bits per heavy atom. The van der Waals surface area contributed by atoms with Crippen molar-refractivity contribution >= 4 is 0 Å². The smallest absolute Gasteiger partial charge is 0.316 e. The van der Waals surface area contributed by atoms with Crippen molar-refractivity contribution in [2.75, 3.05) is 32.7 Å². The third-order valence-electron chi connectivity index (χ3n) is 4.67. The molecule has 2 unspecified atom stereocenters. The number of piperidine rings is 2. The number of hydrogen-bond acceptors (Lipinski definition) is 3. The summed E-state index contributed by atoms with van der Waals surface area (Å²) in [5.74, 6) is 0.663. The summed E-state index contributed by atoms with van der Waals surface area (Å²) in [6.07, 6.45) is 1.50. The lowest BCUT2D eigenvalue weighted by Crippen LogP contribution is -2.43. The lowest BCUT2D eigenvalue weighted by molar-refractivity contribution is -0.141. The molecule has 1 N–H and O–H groups in total. The van der Waals surface area contributed by atoms with Gasteiger partial charge in [-0.2, -0.15) is 18.3 Å². The van der Waals surface area contributed by atoms with Gasteiger partial charge in [0.1, 0.15) is 0 Å². The summed E-state index contributed by atoms with van der Waals surface area (Å²) < 4.78 is 39.5. The summed E-state index contributed by atoms with van der Waals surface area (Å²) in [7, 11) is 0. The molecule has 4 nitrogen and oxygen atoms in total. The fourth-order valence-electron chi connectivity index (χ4n) is 3.55. The van der Waals surface area contributed by atoms with Crippen LogP contribution in [0.25, 0.3) is 0 Å². The molecule has 0 spiro atoms. The van der Waals surface area contributed by atoms with Crippen molar-refractivity contribution < 1.29 is 13.2 Å². The van der Waals surface area contributed by atoms with E-state index in [-0.39, 0.29) is 6.04 Å². The van der Waals surface area contributed by atoms with Crippen LogP contribution < -0.4 is 5.32 Å². The second-order valence-corrected chi connectivity index (χ2v) is 6.45. The van der Waals surface area contributed by atoms with Gasteiger partial charge in [0.05, 0.1) is 6.04 Å². The minimum Gasteiger partial charge on any atom is -0.316 e. The van der Waals surface area contributed by atoms with Crippen LogP contribution >= 0.6 is 0 Å². The van der Waals surface area contributed by atoms with E-state index in [2.05, 4.69) is 15.3 Å².